The molecular weight excluding hydrogens is 246 g/mol. The van der Waals surface area contributed by atoms with E-state index in [9.17, 15) is 0 Å². The van der Waals surface area contributed by atoms with Gasteiger partial charge in [-0.05, 0) is 6.92 Å². The van der Waals surface area contributed by atoms with E-state index in [2.05, 4.69) is 35.7 Å². The summed E-state index contributed by atoms with van der Waals surface area (Å²) in [5.41, 5.74) is 4.77. The Morgan fingerprint density at radius 1 is 1.37 bits per heavy atom. The van der Waals surface area contributed by atoms with Crippen LogP contribution in [-0.4, -0.2) is 57.8 Å². The summed E-state index contributed by atoms with van der Waals surface area (Å²) >= 11 is 0. The van der Waals surface area contributed by atoms with Crippen LogP contribution in [-0.2, 0) is 4.74 Å². The summed E-state index contributed by atoms with van der Waals surface area (Å²) < 4.78 is 5.33. The molecule has 8 nitrogen and oxygen atoms in total. The second-order valence-corrected chi connectivity index (χ2v) is 4.24. The van der Waals surface area contributed by atoms with Crippen LogP contribution in [0.1, 0.15) is 6.92 Å². The van der Waals surface area contributed by atoms with Crippen molar-refractivity contribution in [2.24, 2.45) is 0 Å². The van der Waals surface area contributed by atoms with Gasteiger partial charge in [0, 0.05) is 19.6 Å². The van der Waals surface area contributed by atoms with Crippen LogP contribution in [0, 0.1) is 0 Å². The number of morpholine rings is 1. The lowest BCUT2D eigenvalue weighted by Crippen LogP contribution is -2.40. The molecular formula is C11H17N7O. The van der Waals surface area contributed by atoms with Crippen molar-refractivity contribution in [3.05, 3.63) is 6.33 Å². The first-order chi connectivity index (χ1) is 9.36. The predicted octanol–water partition coefficient (Wildman–Crippen LogP) is 0.444. The molecule has 1 aliphatic rings. The molecule has 0 unspecified atom stereocenters. The lowest BCUT2D eigenvalue weighted by atomic mass is 10.4. The Morgan fingerprint density at radius 2 is 2.21 bits per heavy atom. The monoisotopic (exact) mass is 263 g/mol. The summed E-state index contributed by atoms with van der Waals surface area (Å²) in [6, 6.07) is 0. The van der Waals surface area contributed by atoms with Crippen LogP contribution in [0.4, 0.5) is 11.8 Å². The van der Waals surface area contributed by atoms with Gasteiger partial charge in [0.1, 0.15) is 5.52 Å². The van der Waals surface area contributed by atoms with Crippen LogP contribution >= 0.6 is 0 Å². The molecule has 2 aromatic heterocycles. The molecule has 0 radical (unpaired) electrons. The summed E-state index contributed by atoms with van der Waals surface area (Å²) in [6.07, 6.45) is 1.62. The molecule has 8 heteroatoms. The van der Waals surface area contributed by atoms with Gasteiger partial charge in [-0.1, -0.05) is 0 Å². The third-order valence-electron chi connectivity index (χ3n) is 2.90. The Hall–Kier alpha value is -1.93. The molecule has 0 amide bonds. The number of H-pyrrole nitrogens is 1. The van der Waals surface area contributed by atoms with Crippen molar-refractivity contribution in [1.82, 2.24) is 24.9 Å². The van der Waals surface area contributed by atoms with E-state index in [0.29, 0.717) is 11.6 Å². The van der Waals surface area contributed by atoms with Gasteiger partial charge in [-0.15, -0.1) is 0 Å². The van der Waals surface area contributed by atoms with Crippen molar-refractivity contribution >= 4 is 22.9 Å². The van der Waals surface area contributed by atoms with Gasteiger partial charge in [-0.3, -0.25) is 0 Å². The van der Waals surface area contributed by atoms with Crippen LogP contribution < -0.4 is 10.7 Å². The molecule has 0 aromatic carbocycles. The highest BCUT2D eigenvalue weighted by atomic mass is 16.5. The van der Waals surface area contributed by atoms with E-state index >= 15 is 0 Å². The van der Waals surface area contributed by atoms with Crippen LogP contribution in [0.2, 0.25) is 0 Å². The molecule has 3 N–H and O–H groups in total. The number of hydrazine groups is 1. The van der Waals surface area contributed by atoms with Crippen molar-refractivity contribution in [3.63, 3.8) is 0 Å². The fraction of sp³-hybridized carbons (Fsp3) is 0.545. The third kappa shape index (κ3) is 2.59. The minimum absolute atomic E-state index is 0.581. The number of hydrogen-bond acceptors (Lipinski definition) is 7. The SMILES string of the molecule is CCNc1nc(NN2CCOCC2)c2[nH]cnc2n1. The Bertz CT molecular complexity index is 549. The van der Waals surface area contributed by atoms with Gasteiger partial charge in [0.05, 0.1) is 19.5 Å². The van der Waals surface area contributed by atoms with Gasteiger partial charge in [0.25, 0.3) is 0 Å². The van der Waals surface area contributed by atoms with Gasteiger partial charge in [-0.2, -0.15) is 9.97 Å². The van der Waals surface area contributed by atoms with Gasteiger partial charge < -0.3 is 20.5 Å². The highest BCUT2D eigenvalue weighted by Crippen LogP contribution is 2.19. The first kappa shape index (κ1) is 12.1. The quantitative estimate of drug-likeness (QED) is 0.737. The summed E-state index contributed by atoms with van der Waals surface area (Å²) in [5, 5.41) is 5.19. The van der Waals surface area contributed by atoms with Crippen LogP contribution in [0.15, 0.2) is 6.33 Å². The fourth-order valence-electron chi connectivity index (χ4n) is 1.98. The van der Waals surface area contributed by atoms with Gasteiger partial charge in [0.2, 0.25) is 5.95 Å². The molecule has 2 aromatic rings. The number of imidazole rings is 1. The standard InChI is InChI=1S/C11H17N7O/c1-2-12-11-15-9-8(13-7-14-9)10(16-11)17-18-3-5-19-6-4-18/h7H,2-6H2,1H3,(H3,12,13,14,15,16,17). The van der Waals surface area contributed by atoms with Crippen LogP contribution in [0.25, 0.3) is 11.2 Å². The largest absolute Gasteiger partial charge is 0.379 e. The number of anilines is 2. The van der Waals surface area contributed by atoms with Crippen molar-refractivity contribution < 1.29 is 4.74 Å². The lowest BCUT2D eigenvalue weighted by Gasteiger charge is -2.27. The molecule has 0 saturated carbocycles. The maximum absolute atomic E-state index is 5.33. The van der Waals surface area contributed by atoms with Gasteiger partial charge in [-0.25, -0.2) is 9.99 Å². The Morgan fingerprint density at radius 3 is 3.00 bits per heavy atom. The first-order valence-corrected chi connectivity index (χ1v) is 6.41. The average molecular weight is 263 g/mol. The highest BCUT2D eigenvalue weighted by molar-refractivity contribution is 5.83. The minimum atomic E-state index is 0.581. The van der Waals surface area contributed by atoms with E-state index in [1.165, 1.54) is 0 Å². The van der Waals surface area contributed by atoms with Gasteiger partial charge in [0.15, 0.2) is 11.5 Å². The van der Waals surface area contributed by atoms with E-state index in [1.807, 2.05) is 6.92 Å². The normalized spacial score (nSPS) is 16.7. The molecule has 3 heterocycles. The van der Waals surface area contributed by atoms with E-state index in [1.54, 1.807) is 6.33 Å². The van der Waals surface area contributed by atoms with E-state index in [0.717, 1.165) is 44.2 Å². The van der Waals surface area contributed by atoms with Crippen LogP contribution in [0.5, 0.6) is 0 Å². The molecule has 1 fully saturated rings. The van der Waals surface area contributed by atoms with E-state index in [-0.39, 0.29) is 0 Å². The second-order valence-electron chi connectivity index (χ2n) is 4.24. The van der Waals surface area contributed by atoms with Crippen molar-refractivity contribution in [3.8, 4) is 0 Å². The number of aromatic amines is 1. The number of hydrogen-bond donors (Lipinski definition) is 3. The molecule has 1 saturated heterocycles. The van der Waals surface area contributed by atoms with Crippen LogP contribution in [0.3, 0.4) is 0 Å². The third-order valence-corrected chi connectivity index (χ3v) is 2.90. The smallest absolute Gasteiger partial charge is 0.226 e. The summed E-state index contributed by atoms with van der Waals surface area (Å²) in [6.45, 7) is 5.89. The highest BCUT2D eigenvalue weighted by Gasteiger charge is 2.15. The lowest BCUT2D eigenvalue weighted by molar-refractivity contribution is 0.0495. The molecule has 0 bridgehead atoms. The zero-order chi connectivity index (χ0) is 13.1. The topological polar surface area (TPSA) is 91.0 Å². The molecule has 3 rings (SSSR count). The molecule has 1 aliphatic heterocycles. The number of fused-ring (bicyclic) bond motifs is 1. The summed E-state index contributed by atoms with van der Waals surface area (Å²) in [7, 11) is 0. The molecule has 0 atom stereocenters. The van der Waals surface area contributed by atoms with Crippen molar-refractivity contribution in [2.45, 2.75) is 6.92 Å². The fourth-order valence-corrected chi connectivity index (χ4v) is 1.98. The number of nitrogens with one attached hydrogen (secondary N) is 3. The van der Waals surface area contributed by atoms with E-state index in [4.69, 9.17) is 4.74 Å². The Balaban J connectivity index is 1.88. The molecule has 19 heavy (non-hydrogen) atoms. The minimum Gasteiger partial charge on any atom is -0.379 e. The number of ether oxygens (including phenoxy) is 1. The first-order valence-electron chi connectivity index (χ1n) is 6.41. The maximum atomic E-state index is 5.33. The molecule has 0 aliphatic carbocycles. The van der Waals surface area contributed by atoms with Crippen molar-refractivity contribution in [2.75, 3.05) is 43.6 Å². The Kier molecular flexibility index (Phi) is 3.43. The zero-order valence-corrected chi connectivity index (χ0v) is 10.8. The zero-order valence-electron chi connectivity index (χ0n) is 10.8. The molecule has 102 valence electrons. The van der Waals surface area contributed by atoms with Gasteiger partial charge >= 0.3 is 0 Å². The average Bonchev–Trinajstić information content (AvgIpc) is 2.89. The summed E-state index contributed by atoms with van der Waals surface area (Å²) in [4.78, 5) is 16.0. The summed E-state index contributed by atoms with van der Waals surface area (Å²) in [5.74, 6) is 1.32. The number of aromatic nitrogens is 4. The van der Waals surface area contributed by atoms with Crippen molar-refractivity contribution in [1.29, 1.82) is 0 Å². The Labute approximate surface area is 110 Å². The predicted molar refractivity (Wildman–Crippen MR) is 71.9 cm³/mol. The number of rotatable bonds is 4. The second kappa shape index (κ2) is 5.37. The maximum Gasteiger partial charge on any atom is 0.226 e. The van der Waals surface area contributed by atoms with E-state index < -0.39 is 0 Å². The molecule has 0 spiro atoms. The number of nitrogens with zero attached hydrogens (tertiary/aromatic N) is 4.